The normalized spacial score (nSPS) is 9.47. The van der Waals surface area contributed by atoms with Crippen molar-refractivity contribution in [2.75, 3.05) is 0 Å². The second kappa shape index (κ2) is 13.8. The van der Waals surface area contributed by atoms with Crippen LogP contribution in [-0.2, 0) is 11.4 Å². The monoisotopic (exact) mass is 331 g/mol. The van der Waals surface area contributed by atoms with E-state index < -0.39 is 11.4 Å². The Morgan fingerprint density at radius 3 is 1.53 bits per heavy atom. The molecule has 2 aromatic heterocycles. The van der Waals surface area contributed by atoms with Gasteiger partial charge in [-0.1, -0.05) is 0 Å². The molecule has 5 nitrogen and oxygen atoms in total. The van der Waals surface area contributed by atoms with Gasteiger partial charge in [-0.2, -0.15) is 0 Å². The Balaban J connectivity index is 0. The molecule has 0 saturated carbocycles. The van der Waals surface area contributed by atoms with Crippen LogP contribution in [0.1, 0.15) is 0 Å². The van der Waals surface area contributed by atoms with Gasteiger partial charge < -0.3 is 9.11 Å². The van der Waals surface area contributed by atoms with Crippen LogP contribution in [0.4, 0.5) is 0 Å². The van der Waals surface area contributed by atoms with Crippen molar-refractivity contribution >= 4 is 51.0 Å². The summed E-state index contributed by atoms with van der Waals surface area (Å²) in [6.45, 7) is 0. The molecule has 2 heterocycles. The first-order chi connectivity index (χ1) is 6.73. The Kier molecular flexibility index (Phi) is 15.8. The van der Waals surface area contributed by atoms with Gasteiger partial charge in [0.05, 0.1) is 22.4 Å². The van der Waals surface area contributed by atoms with E-state index in [1.165, 1.54) is 0 Å². The molecule has 0 spiro atoms. The predicted molar refractivity (Wildman–Crippen MR) is 66.1 cm³/mol. The molecule has 0 saturated heterocycles. The summed E-state index contributed by atoms with van der Waals surface area (Å²) in [7, 11) is 0. The Labute approximate surface area is 108 Å². The minimum atomic E-state index is -2.86. The highest BCUT2D eigenvalue weighted by atomic mass is 79.9. The number of hydrogen-bond donors (Lipinski definition) is 1. The van der Waals surface area contributed by atoms with E-state index in [1.54, 1.807) is 46.1 Å². The van der Waals surface area contributed by atoms with Gasteiger partial charge in [-0.3, -0.25) is 9.97 Å². The molecule has 1 atom stereocenters. The summed E-state index contributed by atoms with van der Waals surface area (Å²) < 4.78 is 24.1. The summed E-state index contributed by atoms with van der Waals surface area (Å²) in [6, 6.07) is 0. The lowest BCUT2D eigenvalue weighted by molar-refractivity contribution is 0.436. The van der Waals surface area contributed by atoms with Crippen LogP contribution in [0.2, 0.25) is 0 Å². The molecule has 2 rings (SSSR count). The lowest BCUT2D eigenvalue weighted by Gasteiger charge is -1.83. The average Bonchev–Trinajstić information content (AvgIpc) is 2.83. The summed E-state index contributed by atoms with van der Waals surface area (Å²) in [5.74, 6) is 0. The molecule has 0 aliphatic rings. The average molecular weight is 332 g/mol. The van der Waals surface area contributed by atoms with E-state index in [2.05, 4.69) is 9.97 Å². The van der Waals surface area contributed by atoms with E-state index in [4.69, 9.17) is 13.3 Å². The zero-order valence-corrected chi connectivity index (χ0v) is 11.4. The smallest absolute Gasteiger partial charge is 0.0814 e. The van der Waals surface area contributed by atoms with Crippen molar-refractivity contribution < 1.29 is 13.3 Å². The van der Waals surface area contributed by atoms with Gasteiger partial charge in [0.1, 0.15) is 0 Å². The maximum Gasteiger partial charge on any atom is 0.0814 e. The minimum Gasteiger partial charge on any atom is -0.750 e. The Morgan fingerprint density at radius 1 is 1.13 bits per heavy atom. The van der Waals surface area contributed by atoms with E-state index in [1.807, 2.05) is 10.8 Å². The fourth-order valence-corrected chi connectivity index (χ4v) is 1.05. The third-order valence-electron chi connectivity index (χ3n) is 0.694. The molecule has 1 N–H and O–H groups in total. The van der Waals surface area contributed by atoms with Gasteiger partial charge >= 0.3 is 0 Å². The molecular formula is C6H8BrN2O3S3-. The third-order valence-corrected chi connectivity index (χ3v) is 1.74. The van der Waals surface area contributed by atoms with Crippen LogP contribution in [0.15, 0.2) is 34.2 Å². The number of rotatable bonds is 0. The lowest BCUT2D eigenvalue weighted by Crippen LogP contribution is -1.75. The molecule has 0 aliphatic heterocycles. The summed E-state index contributed by atoms with van der Waals surface area (Å²) in [5, 5.41) is 3.86. The highest BCUT2D eigenvalue weighted by molar-refractivity contribution is 8.93. The van der Waals surface area contributed by atoms with E-state index in [-0.39, 0.29) is 17.0 Å². The van der Waals surface area contributed by atoms with Gasteiger partial charge in [0.15, 0.2) is 0 Å². The summed E-state index contributed by atoms with van der Waals surface area (Å²) in [4.78, 5) is 7.48. The molecule has 0 aromatic carbocycles. The maximum atomic E-state index is 8.56. The van der Waals surface area contributed by atoms with Crippen molar-refractivity contribution in [3.05, 3.63) is 34.2 Å². The summed E-state index contributed by atoms with van der Waals surface area (Å²) in [5.41, 5.74) is 3.58. The van der Waals surface area contributed by atoms with Crippen molar-refractivity contribution in [2.24, 2.45) is 0 Å². The van der Waals surface area contributed by atoms with Crippen LogP contribution >= 0.6 is 39.7 Å². The number of thiazole rings is 2. The number of aromatic nitrogens is 2. The van der Waals surface area contributed by atoms with Gasteiger partial charge in [-0.25, -0.2) is 4.21 Å². The van der Waals surface area contributed by atoms with E-state index in [0.717, 1.165) is 0 Å². The number of halogens is 1. The Hall–Kier alpha value is -0.190. The number of hydrogen-bond acceptors (Lipinski definition) is 6. The Morgan fingerprint density at radius 2 is 1.47 bits per heavy atom. The van der Waals surface area contributed by atoms with Crippen molar-refractivity contribution in [3.8, 4) is 0 Å². The molecule has 2 aromatic rings. The largest absolute Gasteiger partial charge is 0.750 e. The number of nitrogens with zero attached hydrogens (tertiary/aromatic N) is 2. The molecular weight excluding hydrogens is 324 g/mol. The molecule has 0 aliphatic carbocycles. The molecule has 0 fully saturated rings. The van der Waals surface area contributed by atoms with Crippen molar-refractivity contribution in [2.45, 2.75) is 0 Å². The molecule has 0 bridgehead atoms. The fourth-order valence-electron chi connectivity index (χ4n) is 0.351. The van der Waals surface area contributed by atoms with E-state index >= 15 is 0 Å². The zero-order chi connectivity index (χ0) is 10.6. The fraction of sp³-hybridized carbons (Fsp3) is 0. The first-order valence-corrected chi connectivity index (χ1v) is 6.08. The predicted octanol–water partition coefficient (Wildman–Crippen LogP) is 2.20. The summed E-state index contributed by atoms with van der Waals surface area (Å²) >= 11 is 0.343. The van der Waals surface area contributed by atoms with Crippen LogP contribution in [0.25, 0.3) is 0 Å². The van der Waals surface area contributed by atoms with Crippen molar-refractivity contribution in [1.82, 2.24) is 9.97 Å². The van der Waals surface area contributed by atoms with Crippen LogP contribution in [-0.4, -0.2) is 23.3 Å². The summed E-state index contributed by atoms with van der Waals surface area (Å²) in [6.07, 6.45) is 3.54. The van der Waals surface area contributed by atoms with Crippen molar-refractivity contribution in [1.29, 1.82) is 0 Å². The molecule has 86 valence electrons. The topological polar surface area (TPSA) is 86.1 Å². The highest BCUT2D eigenvalue weighted by Crippen LogP contribution is 1.86. The van der Waals surface area contributed by atoms with Gasteiger partial charge in [0, 0.05) is 23.2 Å². The molecule has 0 radical (unpaired) electrons. The SMILES string of the molecule is Br.O=S([O-])O.c1cscn1.c1cscn1. The zero-order valence-electron chi connectivity index (χ0n) is 7.26. The highest BCUT2D eigenvalue weighted by Gasteiger charge is 1.59. The molecule has 9 heteroatoms. The first-order valence-electron chi connectivity index (χ1n) is 3.16. The van der Waals surface area contributed by atoms with Crippen LogP contribution < -0.4 is 0 Å². The molecule has 0 amide bonds. The van der Waals surface area contributed by atoms with Gasteiger partial charge in [0.25, 0.3) is 0 Å². The quantitative estimate of drug-likeness (QED) is 0.748. The van der Waals surface area contributed by atoms with E-state index in [0.29, 0.717) is 0 Å². The van der Waals surface area contributed by atoms with Gasteiger partial charge in [-0.15, -0.1) is 39.7 Å². The van der Waals surface area contributed by atoms with Crippen LogP contribution in [0.5, 0.6) is 0 Å². The first kappa shape index (κ1) is 17.2. The Bertz CT molecular complexity index is 239. The standard InChI is InChI=1S/2C3H3NS.BrH.H2O3S/c2*1-2-5-3-4-1;;1-4(2)3/h2*1-3H;1H;(H2,1,2,3)/p-1. The molecule has 15 heavy (non-hydrogen) atoms. The van der Waals surface area contributed by atoms with Crippen LogP contribution in [0, 0.1) is 0 Å². The van der Waals surface area contributed by atoms with Crippen molar-refractivity contribution in [3.63, 3.8) is 0 Å². The van der Waals surface area contributed by atoms with Gasteiger partial charge in [0.2, 0.25) is 0 Å². The minimum absolute atomic E-state index is 0. The maximum absolute atomic E-state index is 8.56. The third kappa shape index (κ3) is 20.0. The van der Waals surface area contributed by atoms with Gasteiger partial charge in [-0.05, 0) is 0 Å². The second-order valence-electron chi connectivity index (χ2n) is 1.57. The lowest BCUT2D eigenvalue weighted by atomic mass is 11.0. The molecule has 1 unspecified atom stereocenters. The second-order valence-corrected chi connectivity index (χ2v) is 3.51. The van der Waals surface area contributed by atoms with Crippen LogP contribution in [0.3, 0.4) is 0 Å². The van der Waals surface area contributed by atoms with E-state index in [9.17, 15) is 0 Å².